The van der Waals surface area contributed by atoms with Gasteiger partial charge < -0.3 is 5.32 Å². The molecule has 0 heterocycles. The lowest BCUT2D eigenvalue weighted by molar-refractivity contribution is 0.581. The van der Waals surface area contributed by atoms with Crippen LogP contribution in [0.2, 0.25) is 10.0 Å². The summed E-state index contributed by atoms with van der Waals surface area (Å²) < 4.78 is 26.4. The van der Waals surface area contributed by atoms with E-state index in [1.54, 1.807) is 6.92 Å². The Labute approximate surface area is 124 Å². The van der Waals surface area contributed by atoms with Gasteiger partial charge in [0.25, 0.3) is 0 Å². The Kier molecular flexibility index (Phi) is 6.08. The van der Waals surface area contributed by atoms with Gasteiger partial charge in [0, 0.05) is 24.2 Å². The van der Waals surface area contributed by atoms with E-state index in [2.05, 4.69) is 10.0 Å². The van der Waals surface area contributed by atoms with Crippen molar-refractivity contribution in [2.45, 2.75) is 38.3 Å². The van der Waals surface area contributed by atoms with E-state index in [1.807, 2.05) is 13.8 Å². The Morgan fingerprint density at radius 3 is 2.37 bits per heavy atom. The molecule has 7 heteroatoms. The van der Waals surface area contributed by atoms with Crippen LogP contribution in [0.5, 0.6) is 0 Å². The van der Waals surface area contributed by atoms with Gasteiger partial charge in [0.1, 0.15) is 4.90 Å². The third kappa shape index (κ3) is 4.61. The van der Waals surface area contributed by atoms with Gasteiger partial charge in [-0.1, -0.05) is 44.0 Å². The third-order valence-corrected chi connectivity index (χ3v) is 4.79. The molecule has 0 radical (unpaired) electrons. The van der Waals surface area contributed by atoms with Gasteiger partial charge in [0.15, 0.2) is 0 Å². The van der Waals surface area contributed by atoms with Crippen LogP contribution in [0.25, 0.3) is 0 Å². The third-order valence-electron chi connectivity index (χ3n) is 2.43. The van der Waals surface area contributed by atoms with Crippen LogP contribution in [0.1, 0.15) is 26.3 Å². The largest absolute Gasteiger partial charge is 0.310 e. The topological polar surface area (TPSA) is 58.2 Å². The number of nitrogens with one attached hydrogen (secondary N) is 2. The summed E-state index contributed by atoms with van der Waals surface area (Å²) in [5.74, 6) is 0. The molecule has 0 amide bonds. The van der Waals surface area contributed by atoms with Crippen molar-refractivity contribution in [3.63, 3.8) is 0 Å². The van der Waals surface area contributed by atoms with Crippen LogP contribution in [0.15, 0.2) is 17.0 Å². The number of rotatable bonds is 6. The number of sulfonamides is 1. The first-order chi connectivity index (χ1) is 8.77. The maximum absolute atomic E-state index is 12.0. The molecule has 0 aromatic heterocycles. The zero-order valence-electron chi connectivity index (χ0n) is 11.1. The van der Waals surface area contributed by atoms with Crippen molar-refractivity contribution in [1.29, 1.82) is 0 Å². The Balaban J connectivity index is 3.16. The molecule has 2 N–H and O–H groups in total. The average Bonchev–Trinajstić information content (AvgIpc) is 2.27. The van der Waals surface area contributed by atoms with E-state index in [9.17, 15) is 8.42 Å². The highest BCUT2D eigenvalue weighted by molar-refractivity contribution is 7.89. The predicted molar refractivity (Wildman–Crippen MR) is 79.3 cm³/mol. The van der Waals surface area contributed by atoms with E-state index in [0.717, 1.165) is 0 Å². The van der Waals surface area contributed by atoms with Crippen molar-refractivity contribution in [2.24, 2.45) is 0 Å². The van der Waals surface area contributed by atoms with Crippen molar-refractivity contribution in [2.75, 3.05) is 6.54 Å². The molecule has 0 aliphatic carbocycles. The molecule has 0 fully saturated rings. The van der Waals surface area contributed by atoms with Crippen LogP contribution in [-0.4, -0.2) is 21.0 Å². The molecule has 1 aromatic carbocycles. The van der Waals surface area contributed by atoms with Crippen LogP contribution in [-0.2, 0) is 16.6 Å². The smallest absolute Gasteiger partial charge is 0.242 e. The summed E-state index contributed by atoms with van der Waals surface area (Å²) >= 11 is 12.0. The number of hydrogen-bond acceptors (Lipinski definition) is 3. The van der Waals surface area contributed by atoms with E-state index in [-0.39, 0.29) is 16.0 Å². The Morgan fingerprint density at radius 2 is 1.84 bits per heavy atom. The first kappa shape index (κ1) is 16.7. The van der Waals surface area contributed by atoms with Gasteiger partial charge in [-0.3, -0.25) is 0 Å². The average molecular weight is 325 g/mol. The highest BCUT2D eigenvalue weighted by Gasteiger charge is 2.19. The highest BCUT2D eigenvalue weighted by Crippen LogP contribution is 2.28. The van der Waals surface area contributed by atoms with Crippen LogP contribution in [0.3, 0.4) is 0 Å². The maximum atomic E-state index is 12.0. The van der Waals surface area contributed by atoms with Gasteiger partial charge in [-0.2, -0.15) is 0 Å². The van der Waals surface area contributed by atoms with Crippen LogP contribution in [0, 0.1) is 0 Å². The lowest BCUT2D eigenvalue weighted by atomic mass is 10.2. The fourth-order valence-electron chi connectivity index (χ4n) is 1.49. The van der Waals surface area contributed by atoms with Gasteiger partial charge in [-0.15, -0.1) is 0 Å². The second-order valence-electron chi connectivity index (χ2n) is 4.41. The van der Waals surface area contributed by atoms with E-state index in [0.29, 0.717) is 23.7 Å². The van der Waals surface area contributed by atoms with E-state index in [4.69, 9.17) is 23.2 Å². The standard InChI is InChI=1S/C12H18Cl2N2O2S/c1-4-16-19(17,18)12-5-9(7-15-8(2)3)10(13)6-11(12)14/h5-6,8,15-16H,4,7H2,1-3H3. The summed E-state index contributed by atoms with van der Waals surface area (Å²) in [5.41, 5.74) is 0.705. The minimum absolute atomic E-state index is 0.0565. The zero-order valence-corrected chi connectivity index (χ0v) is 13.5. The van der Waals surface area contributed by atoms with Crippen molar-refractivity contribution in [3.8, 4) is 0 Å². The maximum Gasteiger partial charge on any atom is 0.242 e. The summed E-state index contributed by atoms with van der Waals surface area (Å²) in [6.07, 6.45) is 0. The number of hydrogen-bond donors (Lipinski definition) is 2. The number of benzene rings is 1. The van der Waals surface area contributed by atoms with Crippen molar-refractivity contribution < 1.29 is 8.42 Å². The quantitative estimate of drug-likeness (QED) is 0.845. The molecule has 1 aromatic rings. The van der Waals surface area contributed by atoms with Crippen LogP contribution < -0.4 is 10.0 Å². The molecule has 0 aliphatic heterocycles. The second-order valence-corrected chi connectivity index (χ2v) is 6.96. The molecule has 0 saturated carbocycles. The summed E-state index contributed by atoms with van der Waals surface area (Å²) in [5, 5.41) is 3.77. The normalized spacial score (nSPS) is 12.1. The fourth-order valence-corrected chi connectivity index (χ4v) is 3.40. The first-order valence-electron chi connectivity index (χ1n) is 5.99. The van der Waals surface area contributed by atoms with E-state index < -0.39 is 10.0 Å². The molecule has 1 rings (SSSR count). The van der Waals surface area contributed by atoms with Gasteiger partial charge in [-0.25, -0.2) is 13.1 Å². The minimum atomic E-state index is -3.59. The van der Waals surface area contributed by atoms with E-state index in [1.165, 1.54) is 12.1 Å². The first-order valence-corrected chi connectivity index (χ1v) is 8.22. The van der Waals surface area contributed by atoms with Crippen LogP contribution in [0.4, 0.5) is 0 Å². The molecule has 0 aliphatic rings. The highest BCUT2D eigenvalue weighted by atomic mass is 35.5. The van der Waals surface area contributed by atoms with Gasteiger partial charge in [0.2, 0.25) is 10.0 Å². The number of halogens is 2. The molecule has 19 heavy (non-hydrogen) atoms. The minimum Gasteiger partial charge on any atom is -0.310 e. The summed E-state index contributed by atoms with van der Waals surface area (Å²) in [6.45, 7) is 6.51. The molecule has 108 valence electrons. The molecule has 0 saturated heterocycles. The lowest BCUT2D eigenvalue weighted by Gasteiger charge is -2.13. The Morgan fingerprint density at radius 1 is 1.21 bits per heavy atom. The summed E-state index contributed by atoms with van der Waals surface area (Å²) in [4.78, 5) is 0.0565. The Bertz CT molecular complexity index is 545. The summed E-state index contributed by atoms with van der Waals surface area (Å²) in [6, 6.07) is 3.25. The molecule has 0 unspecified atom stereocenters. The summed E-state index contributed by atoms with van der Waals surface area (Å²) in [7, 11) is -3.59. The zero-order chi connectivity index (χ0) is 14.6. The van der Waals surface area contributed by atoms with Crippen molar-refractivity contribution in [1.82, 2.24) is 10.0 Å². The fraction of sp³-hybridized carbons (Fsp3) is 0.500. The van der Waals surface area contributed by atoms with Gasteiger partial charge in [-0.05, 0) is 17.7 Å². The van der Waals surface area contributed by atoms with Gasteiger partial charge in [0.05, 0.1) is 5.02 Å². The molecular weight excluding hydrogens is 307 g/mol. The van der Waals surface area contributed by atoms with Gasteiger partial charge >= 0.3 is 0 Å². The SMILES string of the molecule is CCNS(=O)(=O)c1cc(CNC(C)C)c(Cl)cc1Cl. The molecule has 4 nitrogen and oxygen atoms in total. The van der Waals surface area contributed by atoms with Crippen molar-refractivity contribution >= 4 is 33.2 Å². The monoisotopic (exact) mass is 324 g/mol. The second kappa shape index (κ2) is 6.90. The Hall–Kier alpha value is -0.330. The molecule has 0 atom stereocenters. The van der Waals surface area contributed by atoms with Crippen molar-refractivity contribution in [3.05, 3.63) is 27.7 Å². The molecule has 0 bridgehead atoms. The van der Waals surface area contributed by atoms with Crippen LogP contribution >= 0.6 is 23.2 Å². The molecular formula is C12H18Cl2N2O2S. The van der Waals surface area contributed by atoms with E-state index >= 15 is 0 Å². The predicted octanol–water partition coefficient (Wildman–Crippen LogP) is 2.79. The molecule has 0 spiro atoms. The lowest BCUT2D eigenvalue weighted by Crippen LogP contribution is -2.25.